The van der Waals surface area contributed by atoms with Crippen molar-refractivity contribution in [1.29, 1.82) is 0 Å². The minimum atomic E-state index is -0.428. The van der Waals surface area contributed by atoms with Gasteiger partial charge in [0.1, 0.15) is 17.2 Å². The zero-order valence-corrected chi connectivity index (χ0v) is 12.2. The summed E-state index contributed by atoms with van der Waals surface area (Å²) in [6.07, 6.45) is 2.96. The third kappa shape index (κ3) is 2.22. The number of fused-ring (bicyclic) bond motifs is 2. The Morgan fingerprint density at radius 1 is 1.30 bits per heavy atom. The fourth-order valence-electron chi connectivity index (χ4n) is 2.62. The SMILES string of the molecule is Cc1nc2ccc(F)cn2c1C(=O)Nc1ccc2cn[nH]c2c1. The number of carbonyl (C=O) groups is 1. The molecule has 23 heavy (non-hydrogen) atoms. The van der Waals surface area contributed by atoms with Crippen LogP contribution in [-0.4, -0.2) is 25.5 Å². The van der Waals surface area contributed by atoms with Crippen molar-refractivity contribution >= 4 is 28.1 Å². The number of nitrogens with one attached hydrogen (secondary N) is 2. The average Bonchev–Trinajstić information content (AvgIpc) is 3.09. The topological polar surface area (TPSA) is 75.1 Å². The Morgan fingerprint density at radius 3 is 3.04 bits per heavy atom. The normalized spacial score (nSPS) is 11.2. The van der Waals surface area contributed by atoms with Crippen LogP contribution in [0, 0.1) is 12.7 Å². The molecule has 0 aliphatic carbocycles. The number of carbonyl (C=O) groups excluding carboxylic acids is 1. The van der Waals surface area contributed by atoms with Gasteiger partial charge in [-0.05, 0) is 37.3 Å². The van der Waals surface area contributed by atoms with Crippen molar-refractivity contribution in [3.05, 3.63) is 59.9 Å². The molecule has 0 radical (unpaired) electrons. The summed E-state index contributed by atoms with van der Waals surface area (Å²) in [6.45, 7) is 1.72. The second-order valence-electron chi connectivity index (χ2n) is 5.25. The van der Waals surface area contributed by atoms with Gasteiger partial charge in [-0.25, -0.2) is 9.37 Å². The van der Waals surface area contributed by atoms with E-state index in [1.165, 1.54) is 22.7 Å². The van der Waals surface area contributed by atoms with Crippen LogP contribution in [0.2, 0.25) is 0 Å². The molecule has 0 aliphatic heterocycles. The molecule has 1 aromatic carbocycles. The fourth-order valence-corrected chi connectivity index (χ4v) is 2.62. The van der Waals surface area contributed by atoms with E-state index in [1.807, 2.05) is 6.07 Å². The Labute approximate surface area is 130 Å². The summed E-state index contributed by atoms with van der Waals surface area (Å²) in [5, 5.41) is 10.6. The highest BCUT2D eigenvalue weighted by atomic mass is 19.1. The molecular weight excluding hydrogens is 297 g/mol. The molecule has 0 saturated carbocycles. The van der Waals surface area contributed by atoms with Gasteiger partial charge in [-0.3, -0.25) is 14.3 Å². The molecule has 3 heterocycles. The number of nitrogens with zero attached hydrogens (tertiary/aromatic N) is 3. The first-order chi connectivity index (χ1) is 11.1. The smallest absolute Gasteiger partial charge is 0.274 e. The number of anilines is 1. The van der Waals surface area contributed by atoms with Crippen LogP contribution in [-0.2, 0) is 0 Å². The van der Waals surface area contributed by atoms with Crippen LogP contribution in [0.1, 0.15) is 16.2 Å². The van der Waals surface area contributed by atoms with E-state index in [4.69, 9.17) is 0 Å². The number of H-pyrrole nitrogens is 1. The van der Waals surface area contributed by atoms with Crippen molar-refractivity contribution in [2.75, 3.05) is 5.32 Å². The summed E-state index contributed by atoms with van der Waals surface area (Å²) in [4.78, 5) is 16.9. The summed E-state index contributed by atoms with van der Waals surface area (Å²) in [5.41, 5.74) is 2.82. The summed E-state index contributed by atoms with van der Waals surface area (Å²) in [6, 6.07) is 8.29. The first-order valence-corrected chi connectivity index (χ1v) is 7.00. The lowest BCUT2D eigenvalue weighted by molar-refractivity contribution is 0.102. The Hall–Kier alpha value is -3.22. The van der Waals surface area contributed by atoms with Crippen molar-refractivity contribution in [2.45, 2.75) is 6.92 Å². The number of hydrogen-bond donors (Lipinski definition) is 2. The van der Waals surface area contributed by atoms with Crippen LogP contribution < -0.4 is 5.32 Å². The predicted molar refractivity (Wildman–Crippen MR) is 83.9 cm³/mol. The molecule has 114 valence electrons. The standard InChI is InChI=1S/C16H12FN5O/c1-9-15(22-8-11(17)3-5-14(22)19-9)16(23)20-12-4-2-10-7-18-21-13(10)6-12/h2-8H,1H3,(H,18,21)(H,20,23). The van der Waals surface area contributed by atoms with Crippen LogP contribution in [0.5, 0.6) is 0 Å². The maximum absolute atomic E-state index is 13.5. The van der Waals surface area contributed by atoms with Gasteiger partial charge in [0.05, 0.1) is 17.4 Å². The van der Waals surface area contributed by atoms with Gasteiger partial charge in [0.2, 0.25) is 0 Å². The molecule has 0 bridgehead atoms. The lowest BCUT2D eigenvalue weighted by Gasteiger charge is -2.06. The van der Waals surface area contributed by atoms with E-state index in [9.17, 15) is 9.18 Å². The third-order valence-corrected chi connectivity index (χ3v) is 3.67. The zero-order chi connectivity index (χ0) is 16.0. The second-order valence-corrected chi connectivity index (χ2v) is 5.25. The Morgan fingerprint density at radius 2 is 2.17 bits per heavy atom. The first kappa shape index (κ1) is 13.4. The van der Waals surface area contributed by atoms with E-state index < -0.39 is 5.82 Å². The summed E-state index contributed by atoms with van der Waals surface area (Å²) < 4.78 is 14.9. The molecule has 0 fully saturated rings. The number of aromatic amines is 1. The molecule has 3 aromatic heterocycles. The molecule has 4 rings (SSSR count). The average molecular weight is 309 g/mol. The van der Waals surface area contributed by atoms with E-state index in [0.29, 0.717) is 22.7 Å². The maximum atomic E-state index is 13.5. The summed E-state index contributed by atoms with van der Waals surface area (Å²) in [5.74, 6) is -0.776. The highest BCUT2D eigenvalue weighted by Crippen LogP contribution is 2.19. The quantitative estimate of drug-likeness (QED) is 0.598. The molecule has 7 heteroatoms. The predicted octanol–water partition coefficient (Wildman–Crippen LogP) is 2.91. The molecule has 4 aromatic rings. The van der Waals surface area contributed by atoms with Crippen LogP contribution >= 0.6 is 0 Å². The van der Waals surface area contributed by atoms with Crippen molar-refractivity contribution in [2.24, 2.45) is 0 Å². The number of amides is 1. The summed E-state index contributed by atoms with van der Waals surface area (Å²) in [7, 11) is 0. The lowest BCUT2D eigenvalue weighted by atomic mass is 10.2. The monoisotopic (exact) mass is 309 g/mol. The minimum Gasteiger partial charge on any atom is -0.321 e. The van der Waals surface area contributed by atoms with Gasteiger partial charge >= 0.3 is 0 Å². The largest absolute Gasteiger partial charge is 0.321 e. The van der Waals surface area contributed by atoms with E-state index in [0.717, 1.165) is 10.9 Å². The minimum absolute atomic E-state index is 0.309. The molecule has 0 atom stereocenters. The van der Waals surface area contributed by atoms with Gasteiger partial charge < -0.3 is 5.32 Å². The van der Waals surface area contributed by atoms with Crippen LogP contribution in [0.4, 0.5) is 10.1 Å². The zero-order valence-electron chi connectivity index (χ0n) is 12.2. The summed E-state index contributed by atoms with van der Waals surface area (Å²) >= 11 is 0. The van der Waals surface area contributed by atoms with Gasteiger partial charge in [0, 0.05) is 17.3 Å². The molecule has 1 amide bonds. The van der Waals surface area contributed by atoms with E-state index in [1.54, 1.807) is 25.3 Å². The van der Waals surface area contributed by atoms with Gasteiger partial charge in [-0.15, -0.1) is 0 Å². The third-order valence-electron chi connectivity index (χ3n) is 3.67. The fraction of sp³-hybridized carbons (Fsp3) is 0.0625. The Bertz CT molecular complexity index is 1050. The maximum Gasteiger partial charge on any atom is 0.274 e. The number of imidazole rings is 1. The highest BCUT2D eigenvalue weighted by molar-refractivity contribution is 6.05. The van der Waals surface area contributed by atoms with Gasteiger partial charge in [-0.2, -0.15) is 5.10 Å². The molecule has 0 spiro atoms. The van der Waals surface area contributed by atoms with Crippen molar-refractivity contribution < 1.29 is 9.18 Å². The molecule has 0 aliphatic rings. The number of hydrogen-bond acceptors (Lipinski definition) is 3. The van der Waals surface area contributed by atoms with Gasteiger partial charge in [0.15, 0.2) is 0 Å². The van der Waals surface area contributed by atoms with E-state index in [2.05, 4.69) is 20.5 Å². The number of pyridine rings is 1. The van der Waals surface area contributed by atoms with Crippen LogP contribution in [0.15, 0.2) is 42.7 Å². The number of aromatic nitrogens is 4. The molecular formula is C16H12FN5O. The second kappa shape index (κ2) is 4.91. The Balaban J connectivity index is 1.73. The number of aryl methyl sites for hydroxylation is 1. The molecule has 0 unspecified atom stereocenters. The van der Waals surface area contributed by atoms with E-state index in [-0.39, 0.29) is 5.91 Å². The van der Waals surface area contributed by atoms with Gasteiger partial charge in [-0.1, -0.05) is 0 Å². The highest BCUT2D eigenvalue weighted by Gasteiger charge is 2.17. The first-order valence-electron chi connectivity index (χ1n) is 7.00. The van der Waals surface area contributed by atoms with Crippen LogP contribution in [0.25, 0.3) is 16.6 Å². The number of rotatable bonds is 2. The van der Waals surface area contributed by atoms with Gasteiger partial charge in [0.25, 0.3) is 5.91 Å². The molecule has 6 nitrogen and oxygen atoms in total. The lowest BCUT2D eigenvalue weighted by Crippen LogP contribution is -2.15. The van der Waals surface area contributed by atoms with E-state index >= 15 is 0 Å². The van der Waals surface area contributed by atoms with Crippen molar-refractivity contribution in [3.8, 4) is 0 Å². The number of halogens is 1. The van der Waals surface area contributed by atoms with Crippen molar-refractivity contribution in [3.63, 3.8) is 0 Å². The van der Waals surface area contributed by atoms with Crippen LogP contribution in [0.3, 0.4) is 0 Å². The number of benzene rings is 1. The van der Waals surface area contributed by atoms with Crippen molar-refractivity contribution in [1.82, 2.24) is 19.6 Å². The Kier molecular flexibility index (Phi) is 2.87. The molecule has 2 N–H and O–H groups in total. The molecule has 0 saturated heterocycles.